The SMILES string of the molecule is CCOc1cc(C(=O)OC(C(=O)NC2CC2)c2ccc(F)cc2)ccc1OCC(C)C. The lowest BCUT2D eigenvalue weighted by Gasteiger charge is -2.19. The average Bonchev–Trinajstić information content (AvgIpc) is 3.55. The summed E-state index contributed by atoms with van der Waals surface area (Å²) in [7, 11) is 0. The Hall–Kier alpha value is -3.09. The number of carbonyl (C=O) groups excluding carboxylic acids is 2. The predicted octanol–water partition coefficient (Wildman–Crippen LogP) is 4.44. The summed E-state index contributed by atoms with van der Waals surface area (Å²) >= 11 is 0. The van der Waals surface area contributed by atoms with Crippen molar-refractivity contribution >= 4 is 11.9 Å². The maximum Gasteiger partial charge on any atom is 0.339 e. The molecule has 2 aromatic rings. The van der Waals surface area contributed by atoms with Gasteiger partial charge in [-0.3, -0.25) is 4.79 Å². The van der Waals surface area contributed by atoms with Gasteiger partial charge in [-0.2, -0.15) is 0 Å². The zero-order chi connectivity index (χ0) is 22.4. The fourth-order valence-corrected chi connectivity index (χ4v) is 2.87. The summed E-state index contributed by atoms with van der Waals surface area (Å²) in [6.45, 7) is 6.82. The number of rotatable bonds is 10. The van der Waals surface area contributed by atoms with E-state index in [1.54, 1.807) is 18.2 Å². The van der Waals surface area contributed by atoms with E-state index in [-0.39, 0.29) is 11.6 Å². The molecule has 0 radical (unpaired) electrons. The molecule has 6 nitrogen and oxygen atoms in total. The highest BCUT2D eigenvalue weighted by Crippen LogP contribution is 2.30. The Balaban J connectivity index is 1.80. The van der Waals surface area contributed by atoms with Crippen molar-refractivity contribution in [3.05, 3.63) is 59.4 Å². The second kappa shape index (κ2) is 10.3. The third-order valence-electron chi connectivity index (χ3n) is 4.61. The summed E-state index contributed by atoms with van der Waals surface area (Å²) in [4.78, 5) is 25.6. The maximum absolute atomic E-state index is 13.3. The summed E-state index contributed by atoms with van der Waals surface area (Å²) in [6.07, 6.45) is 0.609. The van der Waals surface area contributed by atoms with Crippen molar-refractivity contribution < 1.29 is 28.2 Å². The van der Waals surface area contributed by atoms with Crippen molar-refractivity contribution in [2.24, 2.45) is 5.92 Å². The van der Waals surface area contributed by atoms with Crippen LogP contribution in [0.25, 0.3) is 0 Å². The maximum atomic E-state index is 13.3. The van der Waals surface area contributed by atoms with E-state index >= 15 is 0 Å². The highest BCUT2D eigenvalue weighted by Gasteiger charge is 2.31. The van der Waals surface area contributed by atoms with Crippen LogP contribution in [0.2, 0.25) is 0 Å². The van der Waals surface area contributed by atoms with Gasteiger partial charge in [-0.1, -0.05) is 26.0 Å². The number of esters is 1. The van der Waals surface area contributed by atoms with E-state index in [1.807, 2.05) is 20.8 Å². The van der Waals surface area contributed by atoms with Gasteiger partial charge in [0.15, 0.2) is 11.5 Å². The molecule has 166 valence electrons. The zero-order valence-corrected chi connectivity index (χ0v) is 18.0. The van der Waals surface area contributed by atoms with Crippen molar-refractivity contribution in [3.63, 3.8) is 0 Å². The van der Waals surface area contributed by atoms with Crippen molar-refractivity contribution in [2.45, 2.75) is 45.8 Å². The largest absolute Gasteiger partial charge is 0.490 e. The first-order chi connectivity index (χ1) is 14.9. The van der Waals surface area contributed by atoms with E-state index in [4.69, 9.17) is 14.2 Å². The first-order valence-electron chi connectivity index (χ1n) is 10.5. The van der Waals surface area contributed by atoms with E-state index in [0.29, 0.717) is 36.2 Å². The predicted molar refractivity (Wildman–Crippen MR) is 114 cm³/mol. The van der Waals surface area contributed by atoms with Crippen LogP contribution in [0.15, 0.2) is 42.5 Å². The Morgan fingerprint density at radius 3 is 2.39 bits per heavy atom. The van der Waals surface area contributed by atoms with Gasteiger partial charge in [0.05, 0.1) is 18.8 Å². The molecule has 1 N–H and O–H groups in total. The molecule has 0 spiro atoms. The Bertz CT molecular complexity index is 909. The standard InChI is InChI=1S/C24H28FNO5/c1-4-29-21-13-17(7-12-20(21)30-14-15(2)3)24(28)31-22(23(27)26-19-10-11-19)16-5-8-18(25)9-6-16/h5-9,12-13,15,19,22H,4,10-11,14H2,1-3H3,(H,26,27). The quantitative estimate of drug-likeness (QED) is 0.566. The molecule has 1 aliphatic carbocycles. The van der Waals surface area contributed by atoms with Crippen LogP contribution in [-0.2, 0) is 9.53 Å². The van der Waals surface area contributed by atoms with Gasteiger partial charge >= 0.3 is 5.97 Å². The molecule has 1 amide bonds. The summed E-state index contributed by atoms with van der Waals surface area (Å²) < 4.78 is 30.3. The monoisotopic (exact) mass is 429 g/mol. The highest BCUT2D eigenvalue weighted by molar-refractivity contribution is 5.93. The van der Waals surface area contributed by atoms with E-state index in [0.717, 1.165) is 12.8 Å². The fourth-order valence-electron chi connectivity index (χ4n) is 2.87. The smallest absolute Gasteiger partial charge is 0.339 e. The number of ether oxygens (including phenoxy) is 3. The summed E-state index contributed by atoms with van der Waals surface area (Å²) in [5.74, 6) is -0.247. The van der Waals surface area contributed by atoms with Crippen LogP contribution in [0.5, 0.6) is 11.5 Å². The van der Waals surface area contributed by atoms with Crippen LogP contribution in [-0.4, -0.2) is 31.1 Å². The third-order valence-corrected chi connectivity index (χ3v) is 4.61. The molecule has 1 saturated carbocycles. The molecule has 1 atom stereocenters. The Labute approximate surface area is 181 Å². The summed E-state index contributed by atoms with van der Waals surface area (Å²) in [5, 5.41) is 2.84. The lowest BCUT2D eigenvalue weighted by atomic mass is 10.1. The first-order valence-corrected chi connectivity index (χ1v) is 10.5. The molecular weight excluding hydrogens is 401 g/mol. The lowest BCUT2D eigenvalue weighted by Crippen LogP contribution is -2.33. The van der Waals surface area contributed by atoms with Crippen molar-refractivity contribution in [3.8, 4) is 11.5 Å². The van der Waals surface area contributed by atoms with Crippen LogP contribution in [0.3, 0.4) is 0 Å². The lowest BCUT2D eigenvalue weighted by molar-refractivity contribution is -0.130. The van der Waals surface area contributed by atoms with Gasteiger partial charge in [-0.05, 0) is 56.0 Å². The van der Waals surface area contributed by atoms with Gasteiger partial charge in [-0.15, -0.1) is 0 Å². The summed E-state index contributed by atoms with van der Waals surface area (Å²) in [6, 6.07) is 10.2. The highest BCUT2D eigenvalue weighted by atomic mass is 19.1. The minimum absolute atomic E-state index is 0.0936. The van der Waals surface area contributed by atoms with E-state index in [1.165, 1.54) is 24.3 Å². The van der Waals surface area contributed by atoms with Gasteiger partial charge in [-0.25, -0.2) is 9.18 Å². The van der Waals surface area contributed by atoms with E-state index < -0.39 is 23.8 Å². The molecular formula is C24H28FNO5. The Morgan fingerprint density at radius 1 is 1.06 bits per heavy atom. The zero-order valence-electron chi connectivity index (χ0n) is 18.0. The molecule has 0 saturated heterocycles. The molecule has 3 rings (SSSR count). The molecule has 0 aliphatic heterocycles. The van der Waals surface area contributed by atoms with E-state index in [2.05, 4.69) is 5.32 Å². The molecule has 2 aromatic carbocycles. The van der Waals surface area contributed by atoms with Crippen LogP contribution in [0.1, 0.15) is 55.6 Å². The fraction of sp³-hybridized carbons (Fsp3) is 0.417. The second-order valence-electron chi connectivity index (χ2n) is 7.92. The van der Waals surface area contributed by atoms with Crippen LogP contribution >= 0.6 is 0 Å². The van der Waals surface area contributed by atoms with E-state index in [9.17, 15) is 14.0 Å². The van der Waals surface area contributed by atoms with Gasteiger partial charge in [0, 0.05) is 11.6 Å². The third kappa shape index (κ3) is 6.44. The van der Waals surface area contributed by atoms with Gasteiger partial charge in [0.1, 0.15) is 5.82 Å². The normalized spacial score (nSPS) is 14.1. The van der Waals surface area contributed by atoms with Gasteiger partial charge < -0.3 is 19.5 Å². The molecule has 0 bridgehead atoms. The topological polar surface area (TPSA) is 73.9 Å². The Morgan fingerprint density at radius 2 is 1.77 bits per heavy atom. The van der Waals surface area contributed by atoms with Gasteiger partial charge in [0.25, 0.3) is 5.91 Å². The van der Waals surface area contributed by atoms with Crippen LogP contribution in [0, 0.1) is 11.7 Å². The Kier molecular flexibility index (Phi) is 7.50. The minimum Gasteiger partial charge on any atom is -0.490 e. The minimum atomic E-state index is -1.18. The number of amides is 1. The number of nitrogens with one attached hydrogen (secondary N) is 1. The molecule has 1 aliphatic rings. The molecule has 0 aromatic heterocycles. The number of benzene rings is 2. The van der Waals surface area contributed by atoms with Gasteiger partial charge in [0.2, 0.25) is 6.10 Å². The molecule has 1 unspecified atom stereocenters. The molecule has 31 heavy (non-hydrogen) atoms. The molecule has 7 heteroatoms. The molecule has 1 fully saturated rings. The number of carbonyl (C=O) groups is 2. The average molecular weight is 429 g/mol. The van der Waals surface area contributed by atoms with Crippen molar-refractivity contribution in [1.82, 2.24) is 5.32 Å². The second-order valence-corrected chi connectivity index (χ2v) is 7.92. The van der Waals surface area contributed by atoms with Crippen molar-refractivity contribution in [1.29, 1.82) is 0 Å². The molecule has 0 heterocycles. The first kappa shape index (κ1) is 22.6. The number of hydrogen-bond acceptors (Lipinski definition) is 5. The summed E-state index contributed by atoms with van der Waals surface area (Å²) in [5.41, 5.74) is 0.626. The van der Waals surface area contributed by atoms with Crippen molar-refractivity contribution in [2.75, 3.05) is 13.2 Å². The number of halogens is 1. The van der Waals surface area contributed by atoms with Crippen LogP contribution < -0.4 is 14.8 Å². The number of hydrogen-bond donors (Lipinski definition) is 1. The van der Waals surface area contributed by atoms with Crippen LogP contribution in [0.4, 0.5) is 4.39 Å².